The number of ether oxygens (including phenoxy) is 2. The molecule has 0 fully saturated rings. The molecule has 0 unspecified atom stereocenters. The molecule has 0 aliphatic rings. The predicted molar refractivity (Wildman–Crippen MR) is 50.7 cm³/mol. The van der Waals surface area contributed by atoms with E-state index in [4.69, 9.17) is 21.1 Å². The summed E-state index contributed by atoms with van der Waals surface area (Å²) in [6.45, 7) is 4.61. The first-order valence-corrected chi connectivity index (χ1v) is 4.21. The van der Waals surface area contributed by atoms with Crippen LogP contribution in [0.25, 0.3) is 0 Å². The van der Waals surface area contributed by atoms with Crippen molar-refractivity contribution in [2.45, 2.75) is 0 Å². The number of hydrogen-bond donors (Lipinski definition) is 1. The Morgan fingerprint density at radius 2 is 2.23 bits per heavy atom. The van der Waals surface area contributed by atoms with Gasteiger partial charge in [-0.05, 0) is 0 Å². The van der Waals surface area contributed by atoms with Gasteiger partial charge in [-0.3, -0.25) is 4.79 Å². The zero-order valence-electron chi connectivity index (χ0n) is 7.64. The first-order valence-electron chi connectivity index (χ1n) is 3.83. The number of carbonyl (C=O) groups is 1. The molecule has 0 spiro atoms. The minimum Gasteiger partial charge on any atom is -0.382 e. The van der Waals surface area contributed by atoms with Crippen LogP contribution >= 0.6 is 11.6 Å². The highest BCUT2D eigenvalue weighted by Crippen LogP contribution is 1.91. The molecule has 0 atom stereocenters. The lowest BCUT2D eigenvalue weighted by Gasteiger charge is -2.04. The Balaban J connectivity index is 3.25. The molecule has 0 radical (unpaired) electrons. The lowest BCUT2D eigenvalue weighted by atomic mass is 10.5. The van der Waals surface area contributed by atoms with Gasteiger partial charge in [0.25, 0.3) is 0 Å². The highest BCUT2D eigenvalue weighted by Gasteiger charge is 1.99. The van der Waals surface area contributed by atoms with Crippen LogP contribution in [-0.4, -0.2) is 39.4 Å². The van der Waals surface area contributed by atoms with Crippen LogP contribution in [-0.2, 0) is 14.3 Å². The summed E-state index contributed by atoms with van der Waals surface area (Å²) in [6, 6.07) is 0. The molecule has 0 heterocycles. The Bertz CT molecular complexity index is 173. The molecule has 0 bridgehead atoms. The van der Waals surface area contributed by atoms with Gasteiger partial charge in [0.15, 0.2) is 0 Å². The van der Waals surface area contributed by atoms with Crippen molar-refractivity contribution in [2.75, 3.05) is 33.5 Å². The molecule has 1 amide bonds. The van der Waals surface area contributed by atoms with Gasteiger partial charge in [0, 0.05) is 12.1 Å². The van der Waals surface area contributed by atoms with Crippen molar-refractivity contribution in [3.63, 3.8) is 0 Å². The van der Waals surface area contributed by atoms with Crippen molar-refractivity contribution in [1.29, 1.82) is 0 Å². The Morgan fingerprint density at radius 1 is 1.54 bits per heavy atom. The lowest BCUT2D eigenvalue weighted by Crippen LogP contribution is -2.29. The monoisotopic (exact) mass is 207 g/mol. The van der Waals surface area contributed by atoms with Gasteiger partial charge < -0.3 is 14.8 Å². The largest absolute Gasteiger partial charge is 0.382 e. The third-order valence-electron chi connectivity index (χ3n) is 1.14. The average molecular weight is 208 g/mol. The molecule has 0 aromatic carbocycles. The molecule has 0 saturated carbocycles. The lowest BCUT2D eigenvalue weighted by molar-refractivity contribution is -0.125. The fourth-order valence-electron chi connectivity index (χ4n) is 0.553. The zero-order valence-corrected chi connectivity index (χ0v) is 8.39. The van der Waals surface area contributed by atoms with E-state index in [1.807, 2.05) is 0 Å². The quantitative estimate of drug-likeness (QED) is 0.620. The molecule has 4 nitrogen and oxygen atoms in total. The highest BCUT2D eigenvalue weighted by molar-refractivity contribution is 6.29. The van der Waals surface area contributed by atoms with Gasteiger partial charge in [-0.2, -0.15) is 0 Å². The van der Waals surface area contributed by atoms with Crippen LogP contribution in [0.2, 0.25) is 0 Å². The van der Waals surface area contributed by atoms with Crippen LogP contribution in [0.1, 0.15) is 0 Å². The molecule has 0 aliphatic carbocycles. The number of methoxy groups -OCH3 is 1. The Labute approximate surface area is 82.8 Å². The van der Waals surface area contributed by atoms with Crippen LogP contribution in [0.3, 0.4) is 0 Å². The van der Waals surface area contributed by atoms with Gasteiger partial charge in [-0.1, -0.05) is 18.2 Å². The van der Waals surface area contributed by atoms with Gasteiger partial charge >= 0.3 is 0 Å². The summed E-state index contributed by atoms with van der Waals surface area (Å²) in [6.07, 6.45) is 0. The van der Waals surface area contributed by atoms with Gasteiger partial charge in [0.05, 0.1) is 19.8 Å². The third-order valence-corrected chi connectivity index (χ3v) is 1.28. The zero-order chi connectivity index (χ0) is 10.1. The van der Waals surface area contributed by atoms with E-state index in [0.717, 1.165) is 0 Å². The Kier molecular flexibility index (Phi) is 7.68. The van der Waals surface area contributed by atoms with Gasteiger partial charge in [-0.15, -0.1) is 0 Å². The maximum absolute atomic E-state index is 10.9. The first kappa shape index (κ1) is 12.4. The fraction of sp³-hybridized carbons (Fsp3) is 0.625. The molecular weight excluding hydrogens is 194 g/mol. The maximum atomic E-state index is 10.9. The number of halogens is 1. The molecule has 1 N–H and O–H groups in total. The predicted octanol–water partition coefficient (Wildman–Crippen LogP) is 0.518. The first-order chi connectivity index (χ1) is 6.16. The van der Waals surface area contributed by atoms with E-state index in [1.54, 1.807) is 7.11 Å². The molecule has 0 aromatic rings. The normalized spacial score (nSPS) is 9.69. The van der Waals surface area contributed by atoms with E-state index in [-0.39, 0.29) is 19.1 Å². The van der Waals surface area contributed by atoms with Crippen LogP contribution in [0.4, 0.5) is 0 Å². The third kappa shape index (κ3) is 9.33. The standard InChI is InChI=1S/C8H14ClNO3/c1-7(9)5-10-8(11)6-13-4-3-12-2/h1,3-6H2,2H3,(H,10,11). The van der Waals surface area contributed by atoms with Crippen LogP contribution in [0.15, 0.2) is 11.6 Å². The second-order valence-corrected chi connectivity index (χ2v) is 2.87. The Morgan fingerprint density at radius 3 is 2.77 bits per heavy atom. The highest BCUT2D eigenvalue weighted by atomic mass is 35.5. The second-order valence-electron chi connectivity index (χ2n) is 2.34. The van der Waals surface area contributed by atoms with E-state index < -0.39 is 0 Å². The van der Waals surface area contributed by atoms with E-state index >= 15 is 0 Å². The van der Waals surface area contributed by atoms with Crippen molar-refractivity contribution >= 4 is 17.5 Å². The SMILES string of the molecule is C=C(Cl)CNC(=O)COCCOC. The van der Waals surface area contributed by atoms with Crippen molar-refractivity contribution < 1.29 is 14.3 Å². The molecular formula is C8H14ClNO3. The van der Waals surface area contributed by atoms with Crippen LogP contribution in [0, 0.1) is 0 Å². The summed E-state index contributed by atoms with van der Waals surface area (Å²) in [4.78, 5) is 10.9. The topological polar surface area (TPSA) is 47.6 Å². The summed E-state index contributed by atoms with van der Waals surface area (Å²) in [5.74, 6) is -0.210. The van der Waals surface area contributed by atoms with Crippen molar-refractivity contribution in [2.24, 2.45) is 0 Å². The molecule has 13 heavy (non-hydrogen) atoms. The molecule has 5 heteroatoms. The number of hydrogen-bond acceptors (Lipinski definition) is 3. The summed E-state index contributed by atoms with van der Waals surface area (Å²) >= 11 is 5.44. The number of nitrogens with one attached hydrogen (secondary N) is 1. The molecule has 0 aromatic heterocycles. The van der Waals surface area contributed by atoms with Gasteiger partial charge in [0.1, 0.15) is 6.61 Å². The smallest absolute Gasteiger partial charge is 0.246 e. The van der Waals surface area contributed by atoms with E-state index in [2.05, 4.69) is 11.9 Å². The summed E-state index contributed by atoms with van der Waals surface area (Å²) < 4.78 is 9.69. The van der Waals surface area contributed by atoms with Crippen molar-refractivity contribution in [3.05, 3.63) is 11.6 Å². The van der Waals surface area contributed by atoms with Gasteiger partial charge in [0.2, 0.25) is 5.91 Å². The molecule has 0 rings (SSSR count). The second kappa shape index (κ2) is 8.04. The maximum Gasteiger partial charge on any atom is 0.246 e. The minimum atomic E-state index is -0.210. The van der Waals surface area contributed by atoms with Crippen molar-refractivity contribution in [3.8, 4) is 0 Å². The summed E-state index contributed by atoms with van der Waals surface area (Å²) in [5.41, 5.74) is 0. The Hall–Kier alpha value is -0.580. The summed E-state index contributed by atoms with van der Waals surface area (Å²) in [7, 11) is 1.57. The number of rotatable bonds is 7. The van der Waals surface area contributed by atoms with Gasteiger partial charge in [-0.25, -0.2) is 0 Å². The molecule has 0 saturated heterocycles. The van der Waals surface area contributed by atoms with Crippen LogP contribution in [0.5, 0.6) is 0 Å². The van der Waals surface area contributed by atoms with E-state index in [9.17, 15) is 4.79 Å². The minimum absolute atomic E-state index is 0.0214. The fourth-order valence-corrected chi connectivity index (χ4v) is 0.619. The summed E-state index contributed by atoms with van der Waals surface area (Å²) in [5, 5.41) is 2.92. The average Bonchev–Trinajstić information content (AvgIpc) is 2.09. The number of carbonyl (C=O) groups excluding carboxylic acids is 1. The van der Waals surface area contributed by atoms with Crippen molar-refractivity contribution in [1.82, 2.24) is 5.32 Å². The number of amides is 1. The van der Waals surface area contributed by atoms with E-state index in [1.165, 1.54) is 0 Å². The van der Waals surface area contributed by atoms with E-state index in [0.29, 0.717) is 18.2 Å². The molecule has 0 aliphatic heterocycles. The molecule has 76 valence electrons. The van der Waals surface area contributed by atoms with Crippen LogP contribution < -0.4 is 5.32 Å².